The molecule has 4 heteroatoms. The Kier molecular flexibility index (Phi) is 10.2. The number of esters is 1. The van der Waals surface area contributed by atoms with Crippen molar-refractivity contribution in [3.8, 4) is 0 Å². The fourth-order valence-corrected chi connectivity index (χ4v) is 0.240. The minimum atomic E-state index is -0.975. The maximum atomic E-state index is 9.87. The van der Waals surface area contributed by atoms with E-state index in [1.54, 1.807) is 0 Å². The molecule has 0 radical (unpaired) electrons. The molecule has 0 aliphatic rings. The number of hydrogen-bond donors (Lipinski definition) is 2. The van der Waals surface area contributed by atoms with E-state index in [4.69, 9.17) is 10.8 Å². The summed E-state index contributed by atoms with van der Waals surface area (Å²) in [4.78, 5) is 9.87. The number of aliphatic hydroxyl groups excluding tert-OH is 1. The van der Waals surface area contributed by atoms with Gasteiger partial charge in [-0.15, -0.1) is 0 Å². The van der Waals surface area contributed by atoms with Crippen LogP contribution in [0.4, 0.5) is 0 Å². The van der Waals surface area contributed by atoms with Crippen LogP contribution in [0.25, 0.3) is 0 Å². The van der Waals surface area contributed by atoms with Gasteiger partial charge in [0, 0.05) is 6.92 Å². The standard InChI is InChI=1S/C4H8O3.C2H7N/c1-3(5)7-4(2)6;1-2-3/h3,5H,1-2H3;2-3H2,1H3. The summed E-state index contributed by atoms with van der Waals surface area (Å²) in [6.07, 6.45) is -0.975. The molecule has 0 rings (SSSR count). The number of nitrogens with two attached hydrogens (primary N) is 1. The molecule has 62 valence electrons. The average molecular weight is 149 g/mol. The molecule has 0 aromatic heterocycles. The lowest BCUT2D eigenvalue weighted by atomic mass is 10.7. The van der Waals surface area contributed by atoms with Crippen molar-refractivity contribution < 1.29 is 14.6 Å². The van der Waals surface area contributed by atoms with Crippen molar-refractivity contribution >= 4 is 5.97 Å². The molecule has 0 aromatic carbocycles. The maximum Gasteiger partial charge on any atom is 0.304 e. The van der Waals surface area contributed by atoms with Crippen LogP contribution in [0.1, 0.15) is 20.8 Å². The van der Waals surface area contributed by atoms with E-state index < -0.39 is 12.3 Å². The van der Waals surface area contributed by atoms with Crippen LogP contribution in [0.2, 0.25) is 0 Å². The molecule has 0 heterocycles. The molecule has 0 aliphatic heterocycles. The third-order valence-electron chi connectivity index (χ3n) is 0.337. The molecule has 0 aliphatic carbocycles. The Morgan fingerprint density at radius 3 is 2.10 bits per heavy atom. The molecule has 4 nitrogen and oxygen atoms in total. The molecule has 0 fully saturated rings. The largest absolute Gasteiger partial charge is 0.436 e. The molecule has 10 heavy (non-hydrogen) atoms. The fraction of sp³-hybridized carbons (Fsp3) is 0.833. The Labute approximate surface area is 61.0 Å². The minimum Gasteiger partial charge on any atom is -0.436 e. The zero-order valence-electron chi connectivity index (χ0n) is 6.63. The van der Waals surface area contributed by atoms with E-state index >= 15 is 0 Å². The summed E-state index contributed by atoms with van der Waals surface area (Å²) in [5.74, 6) is -0.463. The van der Waals surface area contributed by atoms with E-state index in [2.05, 4.69) is 4.74 Å². The quantitative estimate of drug-likeness (QED) is 0.402. The van der Waals surface area contributed by atoms with Crippen LogP contribution in [0.3, 0.4) is 0 Å². The van der Waals surface area contributed by atoms with Crippen LogP contribution in [-0.2, 0) is 9.53 Å². The van der Waals surface area contributed by atoms with Crippen molar-refractivity contribution in [1.29, 1.82) is 0 Å². The third kappa shape index (κ3) is 26.3. The van der Waals surface area contributed by atoms with Crippen molar-refractivity contribution in [3.05, 3.63) is 0 Å². The number of rotatable bonds is 1. The number of aliphatic hydroxyl groups is 1. The number of hydrogen-bond acceptors (Lipinski definition) is 4. The van der Waals surface area contributed by atoms with Crippen LogP contribution in [-0.4, -0.2) is 23.9 Å². The van der Waals surface area contributed by atoms with Crippen molar-refractivity contribution in [1.82, 2.24) is 0 Å². The van der Waals surface area contributed by atoms with E-state index in [9.17, 15) is 4.79 Å². The van der Waals surface area contributed by atoms with Gasteiger partial charge >= 0.3 is 5.97 Å². The van der Waals surface area contributed by atoms with Crippen molar-refractivity contribution in [2.24, 2.45) is 5.73 Å². The first-order valence-electron chi connectivity index (χ1n) is 3.09. The Balaban J connectivity index is 0. The van der Waals surface area contributed by atoms with Crippen LogP contribution in [0.15, 0.2) is 0 Å². The smallest absolute Gasteiger partial charge is 0.304 e. The minimum absolute atomic E-state index is 0.463. The van der Waals surface area contributed by atoms with Gasteiger partial charge in [-0.05, 0) is 13.5 Å². The molecule has 0 saturated heterocycles. The van der Waals surface area contributed by atoms with Gasteiger partial charge < -0.3 is 15.6 Å². The predicted octanol–water partition coefficient (Wildman–Crippen LogP) is -0.147. The Bertz CT molecular complexity index is 83.1. The lowest BCUT2D eigenvalue weighted by Crippen LogP contribution is -2.09. The highest BCUT2D eigenvalue weighted by Gasteiger charge is 1.95. The molecule has 0 saturated carbocycles. The van der Waals surface area contributed by atoms with Gasteiger partial charge in [-0.2, -0.15) is 0 Å². The van der Waals surface area contributed by atoms with E-state index in [1.807, 2.05) is 6.92 Å². The van der Waals surface area contributed by atoms with Gasteiger partial charge in [-0.25, -0.2) is 0 Å². The molecule has 3 N–H and O–H groups in total. The normalized spacial score (nSPS) is 10.9. The first-order chi connectivity index (χ1) is 4.54. The lowest BCUT2D eigenvalue weighted by molar-refractivity contribution is -0.161. The second-order valence-corrected chi connectivity index (χ2v) is 1.62. The Hall–Kier alpha value is -0.610. The molecular formula is C6H15NO3. The summed E-state index contributed by atoms with van der Waals surface area (Å²) in [7, 11) is 0. The van der Waals surface area contributed by atoms with Gasteiger partial charge in [0.2, 0.25) is 0 Å². The predicted molar refractivity (Wildman–Crippen MR) is 38.2 cm³/mol. The third-order valence-corrected chi connectivity index (χ3v) is 0.337. The van der Waals surface area contributed by atoms with Crippen molar-refractivity contribution in [3.63, 3.8) is 0 Å². The maximum absolute atomic E-state index is 9.87. The molecular weight excluding hydrogens is 134 g/mol. The lowest BCUT2D eigenvalue weighted by Gasteiger charge is -2.00. The highest BCUT2D eigenvalue weighted by molar-refractivity contribution is 5.65. The summed E-state index contributed by atoms with van der Waals surface area (Å²) in [5, 5.41) is 8.28. The second kappa shape index (κ2) is 8.39. The molecule has 0 amide bonds. The van der Waals surface area contributed by atoms with Crippen molar-refractivity contribution in [2.45, 2.75) is 27.1 Å². The SMILES string of the molecule is CC(=O)OC(C)O.CCN. The zero-order chi connectivity index (χ0) is 8.57. The van der Waals surface area contributed by atoms with Crippen LogP contribution < -0.4 is 5.73 Å². The Morgan fingerprint density at radius 2 is 2.10 bits per heavy atom. The summed E-state index contributed by atoms with van der Waals surface area (Å²) >= 11 is 0. The van der Waals surface area contributed by atoms with Gasteiger partial charge in [0.05, 0.1) is 0 Å². The highest BCUT2D eigenvalue weighted by Crippen LogP contribution is 1.81. The number of carbonyl (C=O) groups is 1. The van der Waals surface area contributed by atoms with Gasteiger partial charge in [-0.1, -0.05) is 6.92 Å². The summed E-state index contributed by atoms with van der Waals surface area (Å²) in [6.45, 7) is 5.27. The second-order valence-electron chi connectivity index (χ2n) is 1.62. The summed E-state index contributed by atoms with van der Waals surface area (Å²) in [6, 6.07) is 0. The summed E-state index contributed by atoms with van der Waals surface area (Å²) in [5.41, 5.74) is 4.85. The van der Waals surface area contributed by atoms with E-state index in [1.165, 1.54) is 13.8 Å². The molecule has 0 bridgehead atoms. The van der Waals surface area contributed by atoms with Crippen LogP contribution >= 0.6 is 0 Å². The molecule has 0 aromatic rings. The number of ether oxygens (including phenoxy) is 1. The highest BCUT2D eigenvalue weighted by atomic mass is 16.6. The van der Waals surface area contributed by atoms with Gasteiger partial charge in [-0.3, -0.25) is 4.79 Å². The van der Waals surface area contributed by atoms with E-state index in [-0.39, 0.29) is 0 Å². The van der Waals surface area contributed by atoms with Gasteiger partial charge in [0.25, 0.3) is 0 Å². The van der Waals surface area contributed by atoms with Crippen LogP contribution in [0.5, 0.6) is 0 Å². The van der Waals surface area contributed by atoms with Gasteiger partial charge in [0.1, 0.15) is 0 Å². The van der Waals surface area contributed by atoms with Crippen LogP contribution in [0, 0.1) is 0 Å². The van der Waals surface area contributed by atoms with Gasteiger partial charge in [0.15, 0.2) is 6.29 Å². The monoisotopic (exact) mass is 149 g/mol. The fourth-order valence-electron chi connectivity index (χ4n) is 0.240. The first-order valence-corrected chi connectivity index (χ1v) is 3.09. The topological polar surface area (TPSA) is 72.5 Å². The molecule has 0 spiro atoms. The van der Waals surface area contributed by atoms with E-state index in [0.29, 0.717) is 0 Å². The average Bonchev–Trinajstić information content (AvgIpc) is 1.62. The zero-order valence-corrected chi connectivity index (χ0v) is 6.63. The molecule has 1 atom stereocenters. The first kappa shape index (κ1) is 12.1. The molecule has 1 unspecified atom stereocenters. The van der Waals surface area contributed by atoms with E-state index in [0.717, 1.165) is 6.54 Å². The summed E-state index contributed by atoms with van der Waals surface area (Å²) < 4.78 is 4.17. The Morgan fingerprint density at radius 1 is 1.80 bits per heavy atom. The van der Waals surface area contributed by atoms with Crippen molar-refractivity contribution in [2.75, 3.05) is 6.54 Å². The number of carbonyl (C=O) groups excluding carboxylic acids is 1.